The van der Waals surface area contributed by atoms with Crippen LogP contribution in [0.2, 0.25) is 5.02 Å². The van der Waals surface area contributed by atoms with Crippen LogP contribution in [0.4, 0.5) is 0 Å². The third-order valence-corrected chi connectivity index (χ3v) is 13.5. The molecule has 9 nitrogen and oxygen atoms in total. The third kappa shape index (κ3) is 7.73. The molecule has 12 heteroatoms. The summed E-state index contributed by atoms with van der Waals surface area (Å²) < 4.78 is 35.2. The molecule has 0 unspecified atom stereocenters. The van der Waals surface area contributed by atoms with Crippen molar-refractivity contribution in [1.29, 1.82) is 0 Å². The molecule has 0 radical (unpaired) electrons. The van der Waals surface area contributed by atoms with Gasteiger partial charge in [-0.15, -0.1) is 0 Å². The molecule has 0 bridgehead atoms. The number of carbonyl (C=O) groups is 3. The molecular weight excluding hydrogens is 682 g/mol. The maximum Gasteiger partial charge on any atom is 0.274 e. The van der Waals surface area contributed by atoms with Crippen molar-refractivity contribution in [3.8, 4) is 5.19 Å². The van der Waals surface area contributed by atoms with Crippen molar-refractivity contribution in [2.24, 2.45) is 17.3 Å². The van der Waals surface area contributed by atoms with Crippen LogP contribution in [-0.2, 0) is 30.8 Å². The van der Waals surface area contributed by atoms with Gasteiger partial charge in [0.1, 0.15) is 6.10 Å². The van der Waals surface area contributed by atoms with Gasteiger partial charge in [0.2, 0.25) is 21.8 Å². The van der Waals surface area contributed by atoms with Gasteiger partial charge in [-0.1, -0.05) is 78.3 Å². The Hall–Kier alpha value is -3.28. The number of nitrogens with one attached hydrogen (secondary N) is 1. The standard InChI is InChI=1S/C37H42ClN3O6S2/c38-27-15-18-30-33(19-27)48-36(39-30)47-28-20-31-32(42)22-37(35(44)40-49(45,46)29-16-17-29)21-26(37)12-8-3-1-2-7-11-25(34(43)41(31)23-28)14-13-24-9-5-4-6-10-24/h4-6,8-10,12,15,18-19,25-26,28-29,31H,1-3,7,11,13-14,16-17,20-23H2,(H,40,44)/b12-8-/t25-,26-,28-,31+,37-/m1/s1. The van der Waals surface area contributed by atoms with Crippen LogP contribution >= 0.6 is 22.9 Å². The Balaban J connectivity index is 1.16. The Kier molecular flexibility index (Phi) is 9.87. The second-order valence-electron chi connectivity index (χ2n) is 14.1. The van der Waals surface area contributed by atoms with Crippen molar-refractivity contribution in [3.63, 3.8) is 0 Å². The number of ether oxygens (including phenoxy) is 1. The SMILES string of the molecule is O=C1C[C@]2(C(=O)NS(=O)(=O)C3CC3)C[C@H]2/C=C\CCCCC[C@H](CCc2ccccc2)C(=O)N2C[C@H](Oc3nc4ccc(Cl)cc4s3)C[C@@H]12. The summed E-state index contributed by atoms with van der Waals surface area (Å²) in [5.41, 5.74) is 0.770. The number of halogens is 1. The number of ketones is 1. The molecule has 4 aliphatic rings. The van der Waals surface area contributed by atoms with Crippen LogP contribution in [0.15, 0.2) is 60.7 Å². The largest absolute Gasteiger partial charge is 0.465 e. The van der Waals surface area contributed by atoms with Crippen LogP contribution in [0.25, 0.3) is 10.2 Å². The quantitative estimate of drug-likeness (QED) is 0.259. The zero-order valence-corrected chi connectivity index (χ0v) is 29.8. The minimum absolute atomic E-state index is 0.0633. The molecule has 3 heterocycles. The number of hydrogen-bond acceptors (Lipinski definition) is 8. The number of fused-ring (bicyclic) bond motifs is 3. The number of amides is 2. The number of rotatable bonds is 8. The normalized spacial score (nSPS) is 28.6. The second kappa shape index (κ2) is 14.2. The van der Waals surface area contributed by atoms with E-state index >= 15 is 0 Å². The van der Waals surface area contributed by atoms with E-state index in [1.165, 1.54) is 11.3 Å². The first kappa shape index (κ1) is 34.2. The summed E-state index contributed by atoms with van der Waals surface area (Å²) in [6.45, 7) is 0.229. The highest BCUT2D eigenvalue weighted by atomic mass is 35.5. The van der Waals surface area contributed by atoms with Gasteiger partial charge in [0.15, 0.2) is 5.78 Å². The minimum atomic E-state index is -3.78. The molecule has 1 aromatic heterocycles. The van der Waals surface area contributed by atoms with Gasteiger partial charge in [0, 0.05) is 23.8 Å². The van der Waals surface area contributed by atoms with Gasteiger partial charge >= 0.3 is 0 Å². The monoisotopic (exact) mass is 723 g/mol. The maximum absolute atomic E-state index is 14.5. The van der Waals surface area contributed by atoms with E-state index in [4.69, 9.17) is 16.3 Å². The Bertz CT molecular complexity index is 1860. The Labute approximate surface area is 296 Å². The van der Waals surface area contributed by atoms with Gasteiger partial charge in [-0.05, 0) is 81.0 Å². The number of aryl methyl sites for hydroxylation is 1. The molecule has 260 valence electrons. The average Bonchev–Trinajstić information content (AvgIpc) is 3.97. The average molecular weight is 724 g/mol. The van der Waals surface area contributed by atoms with E-state index in [1.807, 2.05) is 36.4 Å². The molecule has 2 aromatic carbocycles. The summed E-state index contributed by atoms with van der Waals surface area (Å²) in [4.78, 5) is 48.9. The van der Waals surface area contributed by atoms with Crippen molar-refractivity contribution in [3.05, 3.63) is 71.3 Å². The zero-order valence-electron chi connectivity index (χ0n) is 27.4. The van der Waals surface area contributed by atoms with Crippen molar-refractivity contribution in [2.75, 3.05) is 6.54 Å². The number of carbonyl (C=O) groups excluding carboxylic acids is 3. The first-order chi connectivity index (χ1) is 23.6. The van der Waals surface area contributed by atoms with E-state index in [1.54, 1.807) is 11.0 Å². The number of hydrogen-bond donors (Lipinski definition) is 1. The molecule has 0 spiro atoms. The lowest BCUT2D eigenvalue weighted by Gasteiger charge is -2.29. The number of thiazole rings is 1. The summed E-state index contributed by atoms with van der Waals surface area (Å²) >= 11 is 7.56. The van der Waals surface area contributed by atoms with Crippen LogP contribution < -0.4 is 9.46 Å². The fraction of sp³-hybridized carbons (Fsp3) is 0.514. The second-order valence-corrected chi connectivity index (χ2v) is 17.5. The van der Waals surface area contributed by atoms with Gasteiger partial charge < -0.3 is 9.64 Å². The molecule has 2 aliphatic carbocycles. The fourth-order valence-electron chi connectivity index (χ4n) is 7.46. The predicted octanol–water partition coefficient (Wildman–Crippen LogP) is 6.64. The third-order valence-electron chi connectivity index (χ3n) is 10.6. The Morgan fingerprint density at radius 3 is 2.69 bits per heavy atom. The maximum atomic E-state index is 14.5. The van der Waals surface area contributed by atoms with Crippen LogP contribution in [0.3, 0.4) is 0 Å². The zero-order chi connectivity index (χ0) is 34.2. The molecule has 3 fully saturated rings. The van der Waals surface area contributed by atoms with E-state index in [0.717, 1.165) is 54.3 Å². The first-order valence-corrected chi connectivity index (χ1v) is 20.2. The highest BCUT2D eigenvalue weighted by molar-refractivity contribution is 7.90. The molecule has 2 aliphatic heterocycles. The molecular formula is C37H42ClN3O6S2. The highest BCUT2D eigenvalue weighted by Gasteiger charge is 2.61. The van der Waals surface area contributed by atoms with Crippen molar-refractivity contribution >= 4 is 60.8 Å². The lowest BCUT2D eigenvalue weighted by atomic mass is 9.90. The van der Waals surface area contributed by atoms with E-state index in [2.05, 4.69) is 27.9 Å². The number of nitrogens with zero attached hydrogens (tertiary/aromatic N) is 2. The van der Waals surface area contributed by atoms with E-state index in [9.17, 15) is 22.8 Å². The molecule has 2 amide bonds. The Morgan fingerprint density at radius 2 is 1.90 bits per heavy atom. The van der Waals surface area contributed by atoms with Crippen LogP contribution in [0.1, 0.15) is 76.2 Å². The highest BCUT2D eigenvalue weighted by Crippen LogP contribution is 2.57. The number of benzene rings is 2. The van der Waals surface area contributed by atoms with Crippen molar-refractivity contribution in [1.82, 2.24) is 14.6 Å². The molecule has 3 aromatic rings. The number of sulfonamides is 1. The lowest BCUT2D eigenvalue weighted by molar-refractivity contribution is -0.142. The van der Waals surface area contributed by atoms with Gasteiger partial charge in [0.05, 0.1) is 33.5 Å². The van der Waals surface area contributed by atoms with E-state index < -0.39 is 38.7 Å². The van der Waals surface area contributed by atoms with Gasteiger partial charge in [0.25, 0.3) is 5.19 Å². The molecule has 1 saturated heterocycles. The predicted molar refractivity (Wildman–Crippen MR) is 190 cm³/mol. The molecule has 5 atom stereocenters. The molecule has 1 N–H and O–H groups in total. The molecule has 49 heavy (non-hydrogen) atoms. The van der Waals surface area contributed by atoms with Crippen LogP contribution in [0.5, 0.6) is 5.19 Å². The number of aromatic nitrogens is 1. The van der Waals surface area contributed by atoms with Crippen molar-refractivity contribution in [2.45, 2.75) is 94.4 Å². The molecule has 7 rings (SSSR count). The first-order valence-electron chi connectivity index (χ1n) is 17.4. The summed E-state index contributed by atoms with van der Waals surface area (Å²) in [6, 6.07) is 14.8. The summed E-state index contributed by atoms with van der Waals surface area (Å²) in [7, 11) is -3.78. The summed E-state index contributed by atoms with van der Waals surface area (Å²) in [5, 5.41) is 0.494. The van der Waals surface area contributed by atoms with Gasteiger partial charge in [-0.25, -0.2) is 13.4 Å². The van der Waals surface area contributed by atoms with Gasteiger partial charge in [-0.2, -0.15) is 0 Å². The van der Waals surface area contributed by atoms with E-state index in [0.29, 0.717) is 35.9 Å². The van der Waals surface area contributed by atoms with Crippen molar-refractivity contribution < 1.29 is 27.5 Å². The Morgan fingerprint density at radius 1 is 1.08 bits per heavy atom. The minimum Gasteiger partial charge on any atom is -0.465 e. The summed E-state index contributed by atoms with van der Waals surface area (Å²) in [6.07, 6.45) is 11.0. The topological polar surface area (TPSA) is 123 Å². The number of allylic oxidation sites excluding steroid dienone is 2. The molecule has 2 saturated carbocycles. The van der Waals surface area contributed by atoms with Crippen LogP contribution in [-0.4, -0.2) is 59.8 Å². The van der Waals surface area contributed by atoms with Crippen LogP contribution in [0, 0.1) is 17.3 Å². The van der Waals surface area contributed by atoms with Gasteiger partial charge in [-0.3, -0.25) is 19.1 Å². The van der Waals surface area contributed by atoms with E-state index in [-0.39, 0.29) is 42.9 Å². The lowest BCUT2D eigenvalue weighted by Crippen LogP contribution is -2.46. The fourth-order valence-corrected chi connectivity index (χ4v) is 10.00. The number of Topliss-reactive ketones (excluding diaryl/α,β-unsaturated/α-hetero) is 1. The summed E-state index contributed by atoms with van der Waals surface area (Å²) in [5.74, 6) is -1.41. The smallest absolute Gasteiger partial charge is 0.274 e.